The number of ether oxygens (including phenoxy) is 1. The highest BCUT2D eigenvalue weighted by atomic mass is 16.5. The van der Waals surface area contributed by atoms with Crippen molar-refractivity contribution < 1.29 is 14.6 Å². The molecule has 3 aromatic rings. The largest absolute Gasteiger partial charge is 0.496 e. The summed E-state index contributed by atoms with van der Waals surface area (Å²) in [4.78, 5) is 14.6. The molecule has 0 aliphatic rings. The molecule has 3 rings (SSSR count). The number of carboxylic acid groups (broad SMARTS) is 1. The van der Waals surface area contributed by atoms with Crippen LogP contribution in [0.3, 0.4) is 0 Å². The highest BCUT2D eigenvalue weighted by Crippen LogP contribution is 2.24. The van der Waals surface area contributed by atoms with E-state index in [9.17, 15) is 9.90 Å². The van der Waals surface area contributed by atoms with Crippen molar-refractivity contribution in [2.24, 2.45) is 0 Å². The lowest BCUT2D eigenvalue weighted by molar-refractivity contribution is -0.137. The molecule has 0 radical (unpaired) electrons. The Balaban J connectivity index is 1.55. The molecule has 1 aromatic heterocycles. The smallest absolute Gasteiger partial charge is 0.304 e. The molecule has 1 heterocycles. The summed E-state index contributed by atoms with van der Waals surface area (Å²) in [5.74, 6) is 0.0706. The number of aromatic nitrogens is 1. The monoisotopic (exact) mass is 395 g/mol. The summed E-state index contributed by atoms with van der Waals surface area (Å²) < 4.78 is 5.42. The van der Waals surface area contributed by atoms with E-state index >= 15 is 0 Å². The highest BCUT2D eigenvalue weighted by Gasteiger charge is 2.16. The Labute approximate surface area is 171 Å². The van der Waals surface area contributed by atoms with Crippen LogP contribution in [-0.2, 0) is 11.2 Å². The number of carbonyl (C=O) groups is 1. The summed E-state index contributed by atoms with van der Waals surface area (Å²) in [5, 5.41) is 17.3. The number of aliphatic carboxylic acids is 1. The molecule has 0 spiro atoms. The summed E-state index contributed by atoms with van der Waals surface area (Å²) in [5.41, 5.74) is 3.31. The molecule has 29 heavy (non-hydrogen) atoms. The van der Waals surface area contributed by atoms with E-state index in [1.165, 1.54) is 0 Å². The maximum absolute atomic E-state index is 11.3. The third-order valence-corrected chi connectivity index (χ3v) is 5.18. The second kappa shape index (κ2) is 10.1. The van der Waals surface area contributed by atoms with E-state index in [1.807, 2.05) is 48.7 Å². The van der Waals surface area contributed by atoms with Gasteiger partial charge < -0.3 is 25.5 Å². The van der Waals surface area contributed by atoms with Crippen molar-refractivity contribution in [2.75, 3.05) is 20.2 Å². The molecule has 2 aromatic carbocycles. The average Bonchev–Trinajstić information content (AvgIpc) is 3.13. The quantitative estimate of drug-likeness (QED) is 0.373. The van der Waals surface area contributed by atoms with Crippen molar-refractivity contribution in [3.05, 3.63) is 65.9 Å². The van der Waals surface area contributed by atoms with Crippen LogP contribution in [0.25, 0.3) is 10.9 Å². The van der Waals surface area contributed by atoms with Gasteiger partial charge in [0, 0.05) is 47.8 Å². The lowest BCUT2D eigenvalue weighted by atomic mass is 10.0. The van der Waals surface area contributed by atoms with Gasteiger partial charge >= 0.3 is 5.97 Å². The number of hydrogen-bond acceptors (Lipinski definition) is 4. The van der Waals surface area contributed by atoms with Gasteiger partial charge in [0.1, 0.15) is 5.75 Å². The number of methoxy groups -OCH3 is 1. The summed E-state index contributed by atoms with van der Waals surface area (Å²) in [7, 11) is 1.67. The Morgan fingerprint density at radius 3 is 2.62 bits per heavy atom. The zero-order chi connectivity index (χ0) is 20.6. The van der Waals surface area contributed by atoms with Crippen molar-refractivity contribution in [1.82, 2.24) is 15.6 Å². The molecule has 6 heteroatoms. The van der Waals surface area contributed by atoms with Crippen LogP contribution in [-0.4, -0.2) is 42.3 Å². The van der Waals surface area contributed by atoms with Gasteiger partial charge in [-0.3, -0.25) is 4.79 Å². The molecule has 2 atom stereocenters. The van der Waals surface area contributed by atoms with Crippen LogP contribution in [0.2, 0.25) is 0 Å². The predicted molar refractivity (Wildman–Crippen MR) is 115 cm³/mol. The van der Waals surface area contributed by atoms with Crippen LogP contribution >= 0.6 is 0 Å². The number of benzene rings is 2. The van der Waals surface area contributed by atoms with E-state index in [1.54, 1.807) is 7.11 Å². The zero-order valence-electron chi connectivity index (χ0n) is 16.9. The number of fused-ring (bicyclic) bond motifs is 1. The van der Waals surface area contributed by atoms with E-state index in [0.717, 1.165) is 34.3 Å². The molecule has 1 unspecified atom stereocenters. The molecule has 0 saturated carbocycles. The lowest BCUT2D eigenvalue weighted by Gasteiger charge is -2.20. The number of aromatic amines is 1. The fourth-order valence-electron chi connectivity index (χ4n) is 3.69. The number of hydrogen-bond donors (Lipinski definition) is 4. The molecule has 0 fully saturated rings. The number of nitrogens with one attached hydrogen (secondary N) is 3. The Morgan fingerprint density at radius 1 is 1.10 bits per heavy atom. The van der Waals surface area contributed by atoms with E-state index in [2.05, 4.69) is 28.6 Å². The van der Waals surface area contributed by atoms with Gasteiger partial charge in [-0.2, -0.15) is 0 Å². The Kier molecular flexibility index (Phi) is 7.27. The first-order valence-electron chi connectivity index (χ1n) is 9.95. The molecular formula is C23H29N3O3. The van der Waals surface area contributed by atoms with Crippen LogP contribution in [0.1, 0.15) is 30.5 Å². The number of rotatable bonds is 11. The van der Waals surface area contributed by atoms with E-state index < -0.39 is 5.97 Å². The number of para-hydroxylation sites is 2. The van der Waals surface area contributed by atoms with Crippen molar-refractivity contribution in [3.8, 4) is 5.75 Å². The van der Waals surface area contributed by atoms with Crippen LogP contribution in [0.4, 0.5) is 0 Å². The van der Waals surface area contributed by atoms with Gasteiger partial charge in [-0.1, -0.05) is 36.4 Å². The van der Waals surface area contributed by atoms with E-state index in [-0.39, 0.29) is 18.5 Å². The second-order valence-corrected chi connectivity index (χ2v) is 7.23. The van der Waals surface area contributed by atoms with Gasteiger partial charge in [0.25, 0.3) is 0 Å². The van der Waals surface area contributed by atoms with E-state index in [4.69, 9.17) is 4.74 Å². The molecule has 0 bridgehead atoms. The SMILES string of the molecule is COc1ccccc1C(C)NCCN[C@@H](CC(=O)O)Cc1c[nH]c2ccccc12. The third kappa shape index (κ3) is 5.59. The minimum Gasteiger partial charge on any atom is -0.496 e. The Morgan fingerprint density at radius 2 is 1.83 bits per heavy atom. The molecule has 154 valence electrons. The summed E-state index contributed by atoms with van der Waals surface area (Å²) in [6.45, 7) is 3.50. The Hall–Kier alpha value is -2.83. The first-order valence-corrected chi connectivity index (χ1v) is 9.95. The normalized spacial score (nSPS) is 13.3. The summed E-state index contributed by atoms with van der Waals surface area (Å²) in [6, 6.07) is 16.1. The highest BCUT2D eigenvalue weighted by molar-refractivity contribution is 5.83. The average molecular weight is 396 g/mol. The minimum absolute atomic E-state index is 0.0849. The summed E-state index contributed by atoms with van der Waals surface area (Å²) in [6.07, 6.45) is 2.73. The van der Waals surface area contributed by atoms with Gasteiger partial charge in [0.2, 0.25) is 0 Å². The molecule has 0 amide bonds. The molecular weight excluding hydrogens is 366 g/mol. The van der Waals surface area contributed by atoms with Crippen LogP contribution < -0.4 is 15.4 Å². The maximum Gasteiger partial charge on any atom is 0.304 e. The summed E-state index contributed by atoms with van der Waals surface area (Å²) >= 11 is 0. The van der Waals surface area contributed by atoms with Crippen molar-refractivity contribution in [2.45, 2.75) is 31.8 Å². The van der Waals surface area contributed by atoms with Crippen molar-refractivity contribution in [1.29, 1.82) is 0 Å². The second-order valence-electron chi connectivity index (χ2n) is 7.23. The molecule has 0 aliphatic heterocycles. The fourth-order valence-corrected chi connectivity index (χ4v) is 3.69. The number of carboxylic acids is 1. The Bertz CT molecular complexity index is 938. The number of H-pyrrole nitrogens is 1. The maximum atomic E-state index is 11.3. The lowest BCUT2D eigenvalue weighted by Crippen LogP contribution is -2.38. The first-order chi connectivity index (χ1) is 14.1. The van der Waals surface area contributed by atoms with E-state index in [0.29, 0.717) is 13.0 Å². The zero-order valence-corrected chi connectivity index (χ0v) is 16.9. The van der Waals surface area contributed by atoms with Gasteiger partial charge in [-0.25, -0.2) is 0 Å². The molecule has 0 aliphatic carbocycles. The van der Waals surface area contributed by atoms with Gasteiger partial charge in [0.15, 0.2) is 0 Å². The third-order valence-electron chi connectivity index (χ3n) is 5.18. The van der Waals surface area contributed by atoms with Gasteiger partial charge in [-0.15, -0.1) is 0 Å². The molecule has 4 N–H and O–H groups in total. The van der Waals surface area contributed by atoms with Crippen molar-refractivity contribution >= 4 is 16.9 Å². The van der Waals surface area contributed by atoms with Crippen LogP contribution in [0, 0.1) is 0 Å². The van der Waals surface area contributed by atoms with Gasteiger partial charge in [-0.05, 0) is 31.0 Å². The van der Waals surface area contributed by atoms with Crippen LogP contribution in [0.15, 0.2) is 54.7 Å². The topological polar surface area (TPSA) is 86.4 Å². The fraction of sp³-hybridized carbons (Fsp3) is 0.348. The predicted octanol–water partition coefficient (Wildman–Crippen LogP) is 3.50. The van der Waals surface area contributed by atoms with Crippen LogP contribution in [0.5, 0.6) is 5.75 Å². The molecule has 0 saturated heterocycles. The molecule has 6 nitrogen and oxygen atoms in total. The van der Waals surface area contributed by atoms with Crippen molar-refractivity contribution in [3.63, 3.8) is 0 Å². The van der Waals surface area contributed by atoms with Gasteiger partial charge in [0.05, 0.1) is 13.5 Å². The standard InChI is InChI=1S/C23H29N3O3/c1-16(19-7-4-6-10-22(19)29-2)24-11-12-25-18(14-23(27)28)13-17-15-26-21-9-5-3-8-20(17)21/h3-10,15-16,18,24-26H,11-14H2,1-2H3,(H,27,28)/t16?,18-/m1/s1. The first kappa shape index (κ1) is 20.9. The minimum atomic E-state index is -0.794.